The number of hydrogen-bond acceptors (Lipinski definition) is 3. The largest absolute Gasteiger partial charge is 0.481 e. The number of carbonyl (C=O) groups excluding carboxylic acids is 1. The van der Waals surface area contributed by atoms with E-state index in [1.54, 1.807) is 0 Å². The zero-order valence-corrected chi connectivity index (χ0v) is 12.1. The first kappa shape index (κ1) is 16.4. The highest BCUT2D eigenvalue weighted by molar-refractivity contribution is 7.39. The number of aliphatic carboxylic acids is 1. The number of hydrogen-bond donors (Lipinski definition) is 1. The highest BCUT2D eigenvalue weighted by Gasteiger charge is 2.24. The van der Waals surface area contributed by atoms with E-state index in [2.05, 4.69) is 0 Å². The van der Waals surface area contributed by atoms with Gasteiger partial charge in [0.15, 0.2) is 0 Å². The van der Waals surface area contributed by atoms with Crippen LogP contribution in [-0.4, -0.2) is 35.0 Å². The highest BCUT2D eigenvalue weighted by Crippen LogP contribution is 2.23. The Hall–Kier alpha value is -0.630. The molecule has 0 fully saturated rings. The van der Waals surface area contributed by atoms with Gasteiger partial charge in [-0.25, -0.2) is 0 Å². The molecule has 0 saturated carbocycles. The van der Waals surface area contributed by atoms with Crippen molar-refractivity contribution in [3.8, 4) is 0 Å². The quantitative estimate of drug-likeness (QED) is 0.415. The third kappa shape index (κ3) is 8.14. The van der Waals surface area contributed by atoms with Crippen LogP contribution in [0.4, 0.5) is 0 Å². The normalized spacial score (nSPS) is 13.9. The predicted octanol–water partition coefficient (Wildman–Crippen LogP) is 2.65. The second-order valence-corrected chi connectivity index (χ2v) is 6.24. The van der Waals surface area contributed by atoms with Crippen LogP contribution in [0.3, 0.4) is 0 Å². The van der Waals surface area contributed by atoms with E-state index in [4.69, 9.17) is 9.84 Å². The van der Waals surface area contributed by atoms with Crippen molar-refractivity contribution in [2.45, 2.75) is 57.7 Å². The van der Waals surface area contributed by atoms with Crippen molar-refractivity contribution in [2.24, 2.45) is 0 Å². The van der Waals surface area contributed by atoms with E-state index in [1.165, 1.54) is 0 Å². The van der Waals surface area contributed by atoms with Gasteiger partial charge in [-0.3, -0.25) is 9.59 Å². The minimum atomic E-state index is -0.777. The molecule has 0 bridgehead atoms. The maximum Gasteiger partial charge on any atom is 0.313 e. The molecule has 1 N–H and O–H groups in total. The van der Waals surface area contributed by atoms with Crippen molar-refractivity contribution < 1.29 is 19.4 Å². The first-order valence-electron chi connectivity index (χ1n) is 5.90. The summed E-state index contributed by atoms with van der Waals surface area (Å²) in [5, 5.41) is 8.51. The molecule has 2 unspecified atom stereocenters. The van der Waals surface area contributed by atoms with Gasteiger partial charge in [-0.2, -0.15) is 0 Å². The molecule has 0 aromatic heterocycles. The zero-order chi connectivity index (χ0) is 13.5. The van der Waals surface area contributed by atoms with E-state index in [1.807, 2.05) is 27.4 Å². The smallest absolute Gasteiger partial charge is 0.313 e. The van der Waals surface area contributed by atoms with Gasteiger partial charge >= 0.3 is 11.9 Å². The average Bonchev–Trinajstić information content (AvgIpc) is 2.22. The Bertz CT molecular complexity index is 263. The van der Waals surface area contributed by atoms with Gasteiger partial charge in [0.25, 0.3) is 0 Å². The van der Waals surface area contributed by atoms with Gasteiger partial charge in [0.2, 0.25) is 0 Å². The number of esters is 1. The number of carboxylic acids is 1. The number of carbonyl (C=O) groups is 2. The van der Waals surface area contributed by atoms with Gasteiger partial charge in [0, 0.05) is 6.42 Å². The van der Waals surface area contributed by atoms with E-state index in [0.717, 1.165) is 6.42 Å². The standard InChI is InChI=1S/C12H23O4P/c1-9(17-4)11(15)16-12(2,3)8-6-5-7-10(13)14/h9,17H,5-8H2,1-4H3,(H,13,14). The fourth-order valence-corrected chi connectivity index (χ4v) is 1.65. The number of rotatable bonds is 8. The Balaban J connectivity index is 3.94. The summed E-state index contributed by atoms with van der Waals surface area (Å²) >= 11 is 0. The van der Waals surface area contributed by atoms with Gasteiger partial charge in [0.1, 0.15) is 5.60 Å². The van der Waals surface area contributed by atoms with Crippen molar-refractivity contribution in [2.75, 3.05) is 6.66 Å². The minimum absolute atomic E-state index is 0.0479. The monoisotopic (exact) mass is 262 g/mol. The lowest BCUT2D eigenvalue weighted by molar-refractivity contribution is -0.156. The Morgan fingerprint density at radius 2 is 1.94 bits per heavy atom. The molecule has 0 aliphatic carbocycles. The van der Waals surface area contributed by atoms with Crippen LogP contribution in [0.15, 0.2) is 0 Å². The summed E-state index contributed by atoms with van der Waals surface area (Å²) in [6, 6.07) is 0. The molecule has 0 aromatic carbocycles. The molecule has 0 aliphatic heterocycles. The van der Waals surface area contributed by atoms with Crippen molar-refractivity contribution >= 4 is 20.5 Å². The summed E-state index contributed by atoms with van der Waals surface area (Å²) < 4.78 is 5.42. The van der Waals surface area contributed by atoms with Crippen LogP contribution < -0.4 is 0 Å². The molecule has 100 valence electrons. The van der Waals surface area contributed by atoms with Crippen LogP contribution >= 0.6 is 8.58 Å². The van der Waals surface area contributed by atoms with E-state index >= 15 is 0 Å². The lowest BCUT2D eigenvalue weighted by Crippen LogP contribution is -2.31. The van der Waals surface area contributed by atoms with Crippen LogP contribution in [0, 0.1) is 0 Å². The first-order valence-corrected chi connectivity index (χ1v) is 7.48. The summed E-state index contributed by atoms with van der Waals surface area (Å²) in [7, 11) is 0.544. The summed E-state index contributed by atoms with van der Waals surface area (Å²) in [5.41, 5.74) is -0.544. The Labute approximate surface area is 105 Å². The maximum absolute atomic E-state index is 11.6. The van der Waals surface area contributed by atoms with E-state index in [0.29, 0.717) is 21.4 Å². The summed E-state index contributed by atoms with van der Waals surface area (Å²) in [4.78, 5) is 22.0. The lowest BCUT2D eigenvalue weighted by atomic mass is 10.0. The second-order valence-electron chi connectivity index (χ2n) is 4.79. The van der Waals surface area contributed by atoms with Crippen LogP contribution in [0.1, 0.15) is 46.5 Å². The van der Waals surface area contributed by atoms with Crippen LogP contribution in [0.25, 0.3) is 0 Å². The van der Waals surface area contributed by atoms with E-state index in [9.17, 15) is 9.59 Å². The molecule has 0 amide bonds. The first-order chi connectivity index (χ1) is 7.78. The van der Waals surface area contributed by atoms with Gasteiger partial charge in [-0.1, -0.05) is 0 Å². The Kier molecular flexibility index (Phi) is 7.37. The highest BCUT2D eigenvalue weighted by atomic mass is 31.1. The molecule has 0 aliphatic rings. The molecular formula is C12H23O4P. The van der Waals surface area contributed by atoms with Crippen molar-refractivity contribution in [1.82, 2.24) is 0 Å². The lowest BCUT2D eigenvalue weighted by Gasteiger charge is -2.26. The molecule has 4 nitrogen and oxygen atoms in total. The average molecular weight is 262 g/mol. The fraction of sp³-hybridized carbons (Fsp3) is 0.833. The number of ether oxygens (including phenoxy) is 1. The molecule has 0 spiro atoms. The van der Waals surface area contributed by atoms with Gasteiger partial charge < -0.3 is 9.84 Å². The van der Waals surface area contributed by atoms with Gasteiger partial charge in [-0.05, 0) is 46.7 Å². The molecule has 0 radical (unpaired) electrons. The topological polar surface area (TPSA) is 63.6 Å². The number of carboxylic acid groups (broad SMARTS) is 1. The molecule has 0 rings (SSSR count). The molecule has 0 aromatic rings. The zero-order valence-electron chi connectivity index (χ0n) is 11.1. The molecule has 5 heteroatoms. The predicted molar refractivity (Wildman–Crippen MR) is 70.0 cm³/mol. The van der Waals surface area contributed by atoms with Gasteiger partial charge in [0.05, 0.1) is 5.66 Å². The maximum atomic E-state index is 11.6. The van der Waals surface area contributed by atoms with Crippen molar-refractivity contribution in [3.63, 3.8) is 0 Å². The number of unbranched alkanes of at least 4 members (excludes halogenated alkanes) is 1. The summed E-state index contributed by atoms with van der Waals surface area (Å²) in [5.74, 6) is -0.935. The third-order valence-electron chi connectivity index (χ3n) is 2.58. The second kappa shape index (κ2) is 7.65. The molecule has 2 atom stereocenters. The van der Waals surface area contributed by atoms with Gasteiger partial charge in [-0.15, -0.1) is 8.58 Å². The van der Waals surface area contributed by atoms with Crippen molar-refractivity contribution in [1.29, 1.82) is 0 Å². The SMILES string of the molecule is CPC(C)C(=O)OC(C)(C)CCCCC(=O)O. The minimum Gasteiger partial charge on any atom is -0.481 e. The fourth-order valence-electron chi connectivity index (χ4n) is 1.36. The van der Waals surface area contributed by atoms with E-state index < -0.39 is 11.6 Å². The van der Waals surface area contributed by atoms with Crippen molar-refractivity contribution in [3.05, 3.63) is 0 Å². The third-order valence-corrected chi connectivity index (χ3v) is 3.68. The van der Waals surface area contributed by atoms with Crippen LogP contribution in [0.2, 0.25) is 0 Å². The Morgan fingerprint density at radius 1 is 1.35 bits per heavy atom. The Morgan fingerprint density at radius 3 is 2.41 bits per heavy atom. The molecular weight excluding hydrogens is 239 g/mol. The molecule has 17 heavy (non-hydrogen) atoms. The van der Waals surface area contributed by atoms with E-state index in [-0.39, 0.29) is 18.0 Å². The van der Waals surface area contributed by atoms with Crippen LogP contribution in [0.5, 0.6) is 0 Å². The molecule has 0 saturated heterocycles. The molecule has 0 heterocycles. The van der Waals surface area contributed by atoms with Crippen LogP contribution in [-0.2, 0) is 14.3 Å². The summed E-state index contributed by atoms with van der Waals surface area (Å²) in [6.07, 6.45) is 2.26. The summed E-state index contributed by atoms with van der Waals surface area (Å²) in [6.45, 7) is 7.58.